The van der Waals surface area contributed by atoms with Crippen LogP contribution in [0, 0.1) is 0 Å². The standard InChI is InChI=1S/C16H22F3N3O2S/c1-15(2,3)24-14(23)22-11(5-7-13(20)25)8-10-4-6-12(21-9-10)16(17,18)19/h4,6,9,11H,5,7-8H2,1-3H3,(H2,20,25)(H,22,23). The van der Waals surface area contributed by atoms with Crippen molar-refractivity contribution < 1.29 is 22.7 Å². The Kier molecular flexibility index (Phi) is 7.16. The van der Waals surface area contributed by atoms with Gasteiger partial charge in [0.1, 0.15) is 11.3 Å². The van der Waals surface area contributed by atoms with Crippen molar-refractivity contribution in [1.82, 2.24) is 10.3 Å². The number of ether oxygens (including phenoxy) is 1. The lowest BCUT2D eigenvalue weighted by atomic mass is 10.0. The number of nitrogens with one attached hydrogen (secondary N) is 1. The van der Waals surface area contributed by atoms with Gasteiger partial charge in [0, 0.05) is 12.2 Å². The van der Waals surface area contributed by atoms with E-state index < -0.39 is 29.6 Å². The van der Waals surface area contributed by atoms with Crippen LogP contribution in [0.5, 0.6) is 0 Å². The fourth-order valence-electron chi connectivity index (χ4n) is 2.01. The number of hydrogen-bond donors (Lipinski definition) is 2. The molecule has 0 spiro atoms. The van der Waals surface area contributed by atoms with E-state index in [0.717, 1.165) is 12.3 Å². The number of alkyl carbamates (subject to hydrolysis) is 1. The molecule has 0 aliphatic carbocycles. The summed E-state index contributed by atoms with van der Waals surface area (Å²) in [5.41, 5.74) is 4.42. The molecule has 0 bridgehead atoms. The fraction of sp³-hybridized carbons (Fsp3) is 0.562. The SMILES string of the molecule is CC(C)(C)OC(=O)NC(CCC(N)=S)Cc1ccc(C(F)(F)F)nc1. The number of carbonyl (C=O) groups is 1. The van der Waals surface area contributed by atoms with Crippen LogP contribution in [0.15, 0.2) is 18.3 Å². The maximum absolute atomic E-state index is 12.6. The average molecular weight is 377 g/mol. The maximum atomic E-state index is 12.6. The summed E-state index contributed by atoms with van der Waals surface area (Å²) in [5, 5.41) is 2.70. The van der Waals surface area contributed by atoms with Gasteiger partial charge in [-0.15, -0.1) is 0 Å². The van der Waals surface area contributed by atoms with Crippen LogP contribution in [0.25, 0.3) is 0 Å². The molecule has 1 amide bonds. The van der Waals surface area contributed by atoms with E-state index in [2.05, 4.69) is 10.3 Å². The second-order valence-electron chi connectivity index (χ2n) is 6.60. The topological polar surface area (TPSA) is 77.2 Å². The third kappa shape index (κ3) is 8.67. The van der Waals surface area contributed by atoms with Gasteiger partial charge in [0.2, 0.25) is 0 Å². The van der Waals surface area contributed by atoms with Gasteiger partial charge in [-0.1, -0.05) is 18.3 Å². The van der Waals surface area contributed by atoms with Crippen molar-refractivity contribution in [3.63, 3.8) is 0 Å². The first-order valence-corrected chi connectivity index (χ1v) is 8.07. The summed E-state index contributed by atoms with van der Waals surface area (Å²) >= 11 is 4.83. The Bertz CT molecular complexity index is 598. The van der Waals surface area contributed by atoms with Gasteiger partial charge in [-0.05, 0) is 51.7 Å². The second kappa shape index (κ2) is 8.46. The van der Waals surface area contributed by atoms with E-state index in [-0.39, 0.29) is 6.42 Å². The predicted octanol–water partition coefficient (Wildman–Crippen LogP) is 3.60. The Morgan fingerprint density at radius 1 is 1.36 bits per heavy atom. The zero-order valence-electron chi connectivity index (χ0n) is 14.3. The molecule has 1 unspecified atom stereocenters. The van der Waals surface area contributed by atoms with Crippen LogP contribution < -0.4 is 11.1 Å². The van der Waals surface area contributed by atoms with Crippen LogP contribution in [-0.4, -0.2) is 27.7 Å². The molecule has 1 aromatic rings. The van der Waals surface area contributed by atoms with E-state index in [9.17, 15) is 18.0 Å². The molecule has 3 N–H and O–H groups in total. The third-order valence-corrected chi connectivity index (χ3v) is 3.26. The van der Waals surface area contributed by atoms with E-state index in [1.807, 2.05) is 0 Å². The Balaban J connectivity index is 2.79. The second-order valence-corrected chi connectivity index (χ2v) is 7.13. The van der Waals surface area contributed by atoms with E-state index in [1.54, 1.807) is 20.8 Å². The number of rotatable bonds is 6. The Morgan fingerprint density at radius 2 is 2.00 bits per heavy atom. The molecule has 5 nitrogen and oxygen atoms in total. The van der Waals surface area contributed by atoms with Crippen LogP contribution in [0.3, 0.4) is 0 Å². The molecular weight excluding hydrogens is 355 g/mol. The lowest BCUT2D eigenvalue weighted by Gasteiger charge is -2.23. The van der Waals surface area contributed by atoms with Crippen molar-refractivity contribution in [3.8, 4) is 0 Å². The van der Waals surface area contributed by atoms with Gasteiger partial charge in [0.05, 0.1) is 4.99 Å². The number of nitrogens with two attached hydrogens (primary N) is 1. The molecule has 0 saturated carbocycles. The van der Waals surface area contributed by atoms with E-state index in [0.29, 0.717) is 23.4 Å². The number of nitrogens with zero attached hydrogens (tertiary/aromatic N) is 1. The van der Waals surface area contributed by atoms with Gasteiger partial charge in [0.25, 0.3) is 0 Å². The van der Waals surface area contributed by atoms with Gasteiger partial charge in [-0.3, -0.25) is 4.98 Å². The molecule has 1 atom stereocenters. The van der Waals surface area contributed by atoms with E-state index in [4.69, 9.17) is 22.7 Å². The number of pyridine rings is 1. The average Bonchev–Trinajstić information content (AvgIpc) is 2.42. The van der Waals surface area contributed by atoms with Crippen molar-refractivity contribution in [1.29, 1.82) is 0 Å². The number of carbonyl (C=O) groups excluding carboxylic acids is 1. The molecule has 0 radical (unpaired) electrons. The lowest BCUT2D eigenvalue weighted by Crippen LogP contribution is -2.40. The summed E-state index contributed by atoms with van der Waals surface area (Å²) in [6, 6.07) is 1.85. The molecule has 1 aromatic heterocycles. The molecular formula is C16H22F3N3O2S. The van der Waals surface area contributed by atoms with Gasteiger partial charge in [-0.25, -0.2) is 4.79 Å². The highest BCUT2D eigenvalue weighted by Gasteiger charge is 2.32. The van der Waals surface area contributed by atoms with E-state index in [1.165, 1.54) is 6.07 Å². The summed E-state index contributed by atoms with van der Waals surface area (Å²) in [5.74, 6) is 0. The van der Waals surface area contributed by atoms with Crippen LogP contribution >= 0.6 is 12.2 Å². The number of amides is 1. The number of hydrogen-bond acceptors (Lipinski definition) is 4. The highest BCUT2D eigenvalue weighted by atomic mass is 32.1. The van der Waals surface area contributed by atoms with Gasteiger partial charge >= 0.3 is 12.3 Å². The molecule has 1 heterocycles. The van der Waals surface area contributed by atoms with Crippen molar-refractivity contribution in [3.05, 3.63) is 29.6 Å². The fourth-order valence-corrected chi connectivity index (χ4v) is 2.13. The highest BCUT2D eigenvalue weighted by Crippen LogP contribution is 2.27. The Hall–Kier alpha value is -1.90. The van der Waals surface area contributed by atoms with Crippen LogP contribution in [0.4, 0.5) is 18.0 Å². The minimum atomic E-state index is -4.49. The molecule has 140 valence electrons. The molecule has 25 heavy (non-hydrogen) atoms. The zero-order valence-corrected chi connectivity index (χ0v) is 15.1. The smallest absolute Gasteiger partial charge is 0.433 e. The first-order valence-electron chi connectivity index (χ1n) is 7.67. The number of thiocarbonyl (C=S) groups is 1. The summed E-state index contributed by atoms with van der Waals surface area (Å²) in [7, 11) is 0. The first-order chi connectivity index (χ1) is 11.4. The quantitative estimate of drug-likeness (QED) is 0.741. The van der Waals surface area contributed by atoms with Gasteiger partial charge in [-0.2, -0.15) is 13.2 Å². The molecule has 9 heteroatoms. The van der Waals surface area contributed by atoms with Crippen molar-refractivity contribution in [2.45, 2.75) is 57.9 Å². The zero-order chi connectivity index (χ0) is 19.3. The van der Waals surface area contributed by atoms with Crippen LogP contribution in [0.1, 0.15) is 44.9 Å². The minimum absolute atomic E-state index is 0.285. The maximum Gasteiger partial charge on any atom is 0.433 e. The van der Waals surface area contributed by atoms with Crippen molar-refractivity contribution in [2.75, 3.05) is 0 Å². The van der Waals surface area contributed by atoms with Gasteiger partial charge < -0.3 is 15.8 Å². The molecule has 0 saturated heterocycles. The molecule has 0 aliphatic heterocycles. The predicted molar refractivity (Wildman–Crippen MR) is 92.1 cm³/mol. The third-order valence-electron chi connectivity index (χ3n) is 3.06. The number of halogens is 3. The van der Waals surface area contributed by atoms with Crippen molar-refractivity contribution in [2.24, 2.45) is 5.73 Å². The summed E-state index contributed by atoms with van der Waals surface area (Å²) in [4.78, 5) is 15.6. The first kappa shape index (κ1) is 21.1. The summed E-state index contributed by atoms with van der Waals surface area (Å²) < 4.78 is 42.9. The summed E-state index contributed by atoms with van der Waals surface area (Å²) in [6.45, 7) is 5.20. The molecule has 0 aliphatic rings. The van der Waals surface area contributed by atoms with Crippen LogP contribution in [0.2, 0.25) is 0 Å². The Morgan fingerprint density at radius 3 is 2.44 bits per heavy atom. The highest BCUT2D eigenvalue weighted by molar-refractivity contribution is 7.80. The van der Waals surface area contributed by atoms with Crippen molar-refractivity contribution >= 4 is 23.3 Å². The Labute approximate surface area is 150 Å². The normalized spacial score (nSPS) is 13.2. The molecule has 0 aromatic carbocycles. The minimum Gasteiger partial charge on any atom is -0.444 e. The monoisotopic (exact) mass is 377 g/mol. The number of alkyl halides is 3. The molecule has 0 fully saturated rings. The largest absolute Gasteiger partial charge is 0.444 e. The molecule has 1 rings (SSSR count). The van der Waals surface area contributed by atoms with Gasteiger partial charge in [0.15, 0.2) is 0 Å². The van der Waals surface area contributed by atoms with Crippen LogP contribution in [-0.2, 0) is 17.3 Å². The van der Waals surface area contributed by atoms with E-state index >= 15 is 0 Å². The number of aromatic nitrogens is 1. The summed E-state index contributed by atoms with van der Waals surface area (Å²) in [6.07, 6.45) is -2.83. The lowest BCUT2D eigenvalue weighted by molar-refractivity contribution is -0.141.